The lowest BCUT2D eigenvalue weighted by atomic mass is 10.1. The van der Waals surface area contributed by atoms with E-state index < -0.39 is 5.97 Å². The molecule has 6 heteroatoms. The quantitative estimate of drug-likeness (QED) is 0.707. The van der Waals surface area contributed by atoms with Gasteiger partial charge in [0.15, 0.2) is 0 Å². The lowest BCUT2D eigenvalue weighted by Gasteiger charge is -2.36. The highest BCUT2D eigenvalue weighted by molar-refractivity contribution is 5.76. The van der Waals surface area contributed by atoms with Gasteiger partial charge >= 0.3 is 12.0 Å². The zero-order chi connectivity index (χ0) is 16.0. The van der Waals surface area contributed by atoms with Gasteiger partial charge in [0.2, 0.25) is 0 Å². The summed E-state index contributed by atoms with van der Waals surface area (Å²) in [6, 6.07) is -0.210. The van der Waals surface area contributed by atoms with Crippen LogP contribution in [0.4, 0.5) is 4.79 Å². The Bertz CT molecular complexity index is 358. The third kappa shape index (κ3) is 5.19. The van der Waals surface area contributed by atoms with Crippen LogP contribution in [-0.2, 0) is 9.53 Å². The number of urea groups is 1. The highest BCUT2D eigenvalue weighted by atomic mass is 16.5. The lowest BCUT2D eigenvalue weighted by molar-refractivity contribution is -0.138. The Balaban J connectivity index is 2.76. The summed E-state index contributed by atoms with van der Waals surface area (Å²) in [7, 11) is 1.62. The number of hydrogen-bond donors (Lipinski definition) is 1. The summed E-state index contributed by atoms with van der Waals surface area (Å²) in [5.74, 6) is -0.313. The maximum Gasteiger partial charge on any atom is 0.320 e. The Hall–Kier alpha value is -1.30. The van der Waals surface area contributed by atoms with E-state index >= 15 is 0 Å². The van der Waals surface area contributed by atoms with Gasteiger partial charge in [0.25, 0.3) is 0 Å². The number of hydrogen-bond acceptors (Lipinski definition) is 3. The first-order valence-corrected chi connectivity index (χ1v) is 7.70. The van der Waals surface area contributed by atoms with Gasteiger partial charge in [-0.2, -0.15) is 0 Å². The van der Waals surface area contributed by atoms with Crippen LogP contribution in [0.5, 0.6) is 0 Å². The predicted octanol–water partition coefficient (Wildman–Crippen LogP) is 2.04. The number of amides is 2. The molecule has 21 heavy (non-hydrogen) atoms. The van der Waals surface area contributed by atoms with E-state index in [9.17, 15) is 9.59 Å². The van der Waals surface area contributed by atoms with Gasteiger partial charge < -0.3 is 19.6 Å². The molecule has 0 aliphatic heterocycles. The summed E-state index contributed by atoms with van der Waals surface area (Å²) in [5, 5.41) is 8.93. The second-order valence-electron chi connectivity index (χ2n) is 5.78. The van der Waals surface area contributed by atoms with Crippen LogP contribution >= 0.6 is 0 Å². The average Bonchev–Trinajstić information content (AvgIpc) is 3.23. The van der Waals surface area contributed by atoms with E-state index in [1.807, 2.05) is 11.8 Å². The fraction of sp³-hybridized carbons (Fsp3) is 0.867. The van der Waals surface area contributed by atoms with Crippen LogP contribution in [-0.4, -0.2) is 65.8 Å². The first kappa shape index (κ1) is 17.8. The molecule has 0 aromatic heterocycles. The number of methoxy groups -OCH3 is 1. The molecule has 1 rings (SSSR count). The maximum absolute atomic E-state index is 12.8. The van der Waals surface area contributed by atoms with Crippen molar-refractivity contribution in [3.63, 3.8) is 0 Å². The molecule has 0 heterocycles. The average molecular weight is 300 g/mol. The fourth-order valence-electron chi connectivity index (χ4n) is 2.66. The van der Waals surface area contributed by atoms with Crippen LogP contribution in [0.25, 0.3) is 0 Å². The maximum atomic E-state index is 12.8. The van der Waals surface area contributed by atoms with E-state index in [1.165, 1.54) is 0 Å². The lowest BCUT2D eigenvalue weighted by Crippen LogP contribution is -2.52. The molecule has 0 spiro atoms. The van der Waals surface area contributed by atoms with Gasteiger partial charge in [-0.25, -0.2) is 4.79 Å². The van der Waals surface area contributed by atoms with E-state index in [4.69, 9.17) is 9.84 Å². The summed E-state index contributed by atoms with van der Waals surface area (Å²) >= 11 is 0. The molecule has 2 unspecified atom stereocenters. The standard InChI is InChI=1S/C15H28N2O4/c1-5-16(11(2)10-14(18)19)15(20)17(8-9-21-4)12(3)13-6-7-13/h11-13H,5-10H2,1-4H3,(H,18,19). The molecule has 2 atom stereocenters. The van der Waals surface area contributed by atoms with Crippen molar-refractivity contribution >= 4 is 12.0 Å². The van der Waals surface area contributed by atoms with Crippen LogP contribution in [0.2, 0.25) is 0 Å². The molecular weight excluding hydrogens is 272 g/mol. The predicted molar refractivity (Wildman–Crippen MR) is 80.3 cm³/mol. The minimum atomic E-state index is -0.882. The summed E-state index contributed by atoms with van der Waals surface area (Å²) < 4.78 is 5.10. The Kier molecular flexibility index (Phi) is 6.95. The van der Waals surface area contributed by atoms with Gasteiger partial charge in [-0.05, 0) is 39.5 Å². The molecular formula is C15H28N2O4. The van der Waals surface area contributed by atoms with E-state index in [0.29, 0.717) is 25.6 Å². The molecule has 0 radical (unpaired) electrons. The Labute approximate surface area is 127 Å². The number of ether oxygens (including phenoxy) is 1. The minimum Gasteiger partial charge on any atom is -0.481 e. The van der Waals surface area contributed by atoms with Gasteiger partial charge in [0.1, 0.15) is 0 Å². The second-order valence-corrected chi connectivity index (χ2v) is 5.78. The number of rotatable bonds is 9. The van der Waals surface area contributed by atoms with Crippen LogP contribution in [0.3, 0.4) is 0 Å². The summed E-state index contributed by atoms with van der Waals surface area (Å²) in [6.07, 6.45) is 2.29. The first-order chi connectivity index (χ1) is 9.92. The molecule has 1 aliphatic carbocycles. The van der Waals surface area contributed by atoms with Crippen molar-refractivity contribution < 1.29 is 19.4 Å². The van der Waals surface area contributed by atoms with Gasteiger partial charge in [-0.3, -0.25) is 4.79 Å². The van der Waals surface area contributed by atoms with Crippen molar-refractivity contribution in [2.45, 2.75) is 52.1 Å². The number of aliphatic carboxylic acids is 1. The third-order valence-corrected chi connectivity index (χ3v) is 4.17. The molecule has 1 N–H and O–H groups in total. The molecule has 1 aliphatic rings. The molecule has 6 nitrogen and oxygen atoms in total. The number of carbonyl (C=O) groups is 2. The highest BCUT2D eigenvalue weighted by Crippen LogP contribution is 2.35. The van der Waals surface area contributed by atoms with Crippen molar-refractivity contribution in [2.24, 2.45) is 5.92 Å². The zero-order valence-electron chi connectivity index (χ0n) is 13.5. The molecule has 0 aromatic rings. The summed E-state index contributed by atoms with van der Waals surface area (Å²) in [4.78, 5) is 27.1. The normalized spacial score (nSPS) is 17.1. The van der Waals surface area contributed by atoms with E-state index in [1.54, 1.807) is 18.9 Å². The highest BCUT2D eigenvalue weighted by Gasteiger charge is 2.36. The Morgan fingerprint density at radius 1 is 1.29 bits per heavy atom. The van der Waals surface area contributed by atoms with Crippen molar-refractivity contribution in [1.29, 1.82) is 0 Å². The summed E-state index contributed by atoms with van der Waals surface area (Å²) in [5.41, 5.74) is 0. The Morgan fingerprint density at radius 2 is 1.90 bits per heavy atom. The largest absolute Gasteiger partial charge is 0.481 e. The zero-order valence-corrected chi connectivity index (χ0v) is 13.5. The second kappa shape index (κ2) is 8.22. The number of carboxylic acid groups (broad SMARTS) is 1. The van der Waals surface area contributed by atoms with E-state index in [0.717, 1.165) is 12.8 Å². The molecule has 122 valence electrons. The van der Waals surface area contributed by atoms with Crippen molar-refractivity contribution in [3.05, 3.63) is 0 Å². The number of carbonyl (C=O) groups excluding carboxylic acids is 1. The number of carboxylic acids is 1. The SMILES string of the molecule is CCN(C(=O)N(CCOC)C(C)C1CC1)C(C)CC(=O)O. The molecule has 1 fully saturated rings. The number of nitrogens with zero attached hydrogens (tertiary/aromatic N) is 2. The molecule has 1 saturated carbocycles. The Morgan fingerprint density at radius 3 is 2.33 bits per heavy atom. The van der Waals surface area contributed by atoms with Gasteiger partial charge in [-0.15, -0.1) is 0 Å². The van der Waals surface area contributed by atoms with Crippen molar-refractivity contribution in [3.8, 4) is 0 Å². The fourth-order valence-corrected chi connectivity index (χ4v) is 2.66. The van der Waals surface area contributed by atoms with Crippen LogP contribution in [0, 0.1) is 5.92 Å². The van der Waals surface area contributed by atoms with Crippen molar-refractivity contribution in [1.82, 2.24) is 9.80 Å². The topological polar surface area (TPSA) is 70.1 Å². The first-order valence-electron chi connectivity index (χ1n) is 7.70. The van der Waals surface area contributed by atoms with E-state index in [2.05, 4.69) is 6.92 Å². The minimum absolute atomic E-state index is 0.0322. The van der Waals surface area contributed by atoms with Crippen molar-refractivity contribution in [2.75, 3.05) is 26.8 Å². The molecule has 0 aromatic carbocycles. The van der Waals surface area contributed by atoms with Crippen LogP contribution in [0.15, 0.2) is 0 Å². The van der Waals surface area contributed by atoms with E-state index in [-0.39, 0.29) is 24.5 Å². The monoisotopic (exact) mass is 300 g/mol. The third-order valence-electron chi connectivity index (χ3n) is 4.17. The van der Waals surface area contributed by atoms with Gasteiger partial charge in [-0.1, -0.05) is 0 Å². The molecule has 0 saturated heterocycles. The van der Waals surface area contributed by atoms with Gasteiger partial charge in [0, 0.05) is 32.3 Å². The van der Waals surface area contributed by atoms with Gasteiger partial charge in [0.05, 0.1) is 13.0 Å². The molecule has 2 amide bonds. The smallest absolute Gasteiger partial charge is 0.320 e. The summed E-state index contributed by atoms with van der Waals surface area (Å²) in [6.45, 7) is 7.28. The van der Waals surface area contributed by atoms with Crippen LogP contribution in [0.1, 0.15) is 40.0 Å². The molecule has 0 bridgehead atoms. The van der Waals surface area contributed by atoms with Crippen LogP contribution < -0.4 is 0 Å².